The molecule has 0 aliphatic heterocycles. The smallest absolute Gasteiger partial charge is 0.323 e. The van der Waals surface area contributed by atoms with Gasteiger partial charge in [-0.05, 0) is 12.1 Å². The second kappa shape index (κ2) is 5.80. The van der Waals surface area contributed by atoms with E-state index in [9.17, 15) is 18.8 Å². The van der Waals surface area contributed by atoms with Crippen molar-refractivity contribution in [1.29, 1.82) is 0 Å². The summed E-state index contributed by atoms with van der Waals surface area (Å²) in [5.74, 6) is -5.40. The number of aromatic hydroxyl groups is 1. The van der Waals surface area contributed by atoms with Crippen LogP contribution in [0.1, 0.15) is 10.4 Å². The lowest BCUT2D eigenvalue weighted by Crippen LogP contribution is -2.39. The van der Waals surface area contributed by atoms with E-state index in [0.29, 0.717) is 11.0 Å². The van der Waals surface area contributed by atoms with E-state index >= 15 is 0 Å². The second-order valence-electron chi connectivity index (χ2n) is 3.61. The van der Waals surface area contributed by atoms with Gasteiger partial charge in [0.15, 0.2) is 0 Å². The van der Waals surface area contributed by atoms with Gasteiger partial charge in [0.1, 0.15) is 24.7 Å². The monoisotopic (exact) mass is 271 g/mol. The number of carbonyl (C=O) groups excluding carboxylic acids is 1. The normalized spacial score (nSPS) is 9.95. The first-order chi connectivity index (χ1) is 8.81. The molecule has 0 spiro atoms. The summed E-state index contributed by atoms with van der Waals surface area (Å²) in [4.78, 5) is 33.4. The highest BCUT2D eigenvalue weighted by atomic mass is 19.1. The SMILES string of the molecule is O=C(O)CN(CC(=O)O)C(=O)c1ccc(O)cc1F. The number of nitrogens with zero attached hydrogens (tertiary/aromatic N) is 1. The highest BCUT2D eigenvalue weighted by Gasteiger charge is 2.23. The standard InChI is InChI=1S/C11H10FNO6/c12-8-3-6(14)1-2-7(8)11(19)13(4-9(15)16)5-10(17)18/h1-3,14H,4-5H2,(H,15,16)(H,17,18). The van der Waals surface area contributed by atoms with Crippen LogP contribution < -0.4 is 0 Å². The van der Waals surface area contributed by atoms with Crippen LogP contribution in [-0.2, 0) is 9.59 Å². The largest absolute Gasteiger partial charge is 0.508 e. The number of aliphatic carboxylic acids is 2. The molecule has 1 rings (SSSR count). The molecule has 7 nitrogen and oxygen atoms in total. The van der Waals surface area contributed by atoms with Crippen LogP contribution in [-0.4, -0.2) is 51.2 Å². The lowest BCUT2D eigenvalue weighted by molar-refractivity contribution is -0.140. The molecule has 0 atom stereocenters. The Balaban J connectivity index is 3.04. The van der Waals surface area contributed by atoms with Crippen LogP contribution in [0.5, 0.6) is 5.75 Å². The summed E-state index contributed by atoms with van der Waals surface area (Å²) in [7, 11) is 0. The van der Waals surface area contributed by atoms with Gasteiger partial charge in [0, 0.05) is 6.07 Å². The Morgan fingerprint density at radius 1 is 1.11 bits per heavy atom. The van der Waals surface area contributed by atoms with Crippen molar-refractivity contribution in [2.45, 2.75) is 0 Å². The fourth-order valence-corrected chi connectivity index (χ4v) is 1.37. The van der Waals surface area contributed by atoms with Gasteiger partial charge in [0.25, 0.3) is 5.91 Å². The van der Waals surface area contributed by atoms with Crippen LogP contribution in [0, 0.1) is 5.82 Å². The molecule has 102 valence electrons. The molecule has 3 N–H and O–H groups in total. The fourth-order valence-electron chi connectivity index (χ4n) is 1.37. The van der Waals surface area contributed by atoms with Gasteiger partial charge >= 0.3 is 11.9 Å². The zero-order valence-electron chi connectivity index (χ0n) is 9.54. The number of halogens is 1. The molecule has 0 unspecified atom stereocenters. The molecule has 1 amide bonds. The molecule has 0 radical (unpaired) electrons. The number of rotatable bonds is 5. The topological polar surface area (TPSA) is 115 Å². The van der Waals surface area contributed by atoms with Crippen LogP contribution in [0.25, 0.3) is 0 Å². The number of phenolic OH excluding ortho intramolecular Hbond substituents is 1. The third-order valence-electron chi connectivity index (χ3n) is 2.12. The first-order valence-corrected chi connectivity index (χ1v) is 5.02. The summed E-state index contributed by atoms with van der Waals surface area (Å²) in [5.41, 5.74) is -0.514. The van der Waals surface area contributed by atoms with Crippen molar-refractivity contribution in [3.05, 3.63) is 29.6 Å². The summed E-state index contributed by atoms with van der Waals surface area (Å²) in [6, 6.07) is 2.66. The van der Waals surface area contributed by atoms with Gasteiger partial charge in [0.2, 0.25) is 0 Å². The number of amides is 1. The Kier molecular flexibility index (Phi) is 4.41. The molecule has 1 aromatic carbocycles. The summed E-state index contributed by atoms with van der Waals surface area (Å²) in [6.45, 7) is -1.74. The van der Waals surface area contributed by atoms with Crippen LogP contribution in [0.4, 0.5) is 4.39 Å². The number of carboxylic acid groups (broad SMARTS) is 2. The maximum absolute atomic E-state index is 13.4. The van der Waals surface area contributed by atoms with E-state index in [1.807, 2.05) is 0 Å². The molecule has 8 heteroatoms. The van der Waals surface area contributed by atoms with Gasteiger partial charge in [-0.25, -0.2) is 4.39 Å². The Morgan fingerprint density at radius 3 is 2.05 bits per heavy atom. The van der Waals surface area contributed by atoms with Gasteiger partial charge in [-0.2, -0.15) is 0 Å². The quantitative estimate of drug-likeness (QED) is 0.701. The average molecular weight is 271 g/mol. The van der Waals surface area contributed by atoms with E-state index in [1.54, 1.807) is 0 Å². The first kappa shape index (κ1) is 14.4. The van der Waals surface area contributed by atoms with E-state index in [0.717, 1.165) is 12.1 Å². The summed E-state index contributed by atoms with van der Waals surface area (Å²) in [5, 5.41) is 26.2. The number of carbonyl (C=O) groups is 3. The van der Waals surface area contributed by atoms with Gasteiger partial charge < -0.3 is 20.2 Å². The minimum Gasteiger partial charge on any atom is -0.508 e. The van der Waals surface area contributed by atoms with Crippen molar-refractivity contribution in [2.24, 2.45) is 0 Å². The minimum atomic E-state index is -1.42. The molecule has 0 aromatic heterocycles. The predicted molar refractivity (Wildman–Crippen MR) is 59.2 cm³/mol. The molecular formula is C11H10FNO6. The second-order valence-corrected chi connectivity index (χ2v) is 3.61. The molecule has 0 heterocycles. The number of benzene rings is 1. The van der Waals surface area contributed by atoms with Crippen molar-refractivity contribution < 1.29 is 34.1 Å². The molecule has 0 saturated heterocycles. The van der Waals surface area contributed by atoms with Crippen LogP contribution in [0.15, 0.2) is 18.2 Å². The van der Waals surface area contributed by atoms with Gasteiger partial charge in [-0.1, -0.05) is 0 Å². The third-order valence-corrected chi connectivity index (χ3v) is 2.12. The maximum atomic E-state index is 13.4. The van der Waals surface area contributed by atoms with Crippen LogP contribution >= 0.6 is 0 Å². The number of hydrogen-bond donors (Lipinski definition) is 3. The molecule has 1 aromatic rings. The van der Waals surface area contributed by atoms with E-state index in [-0.39, 0.29) is 0 Å². The number of hydrogen-bond acceptors (Lipinski definition) is 4. The molecule has 0 fully saturated rings. The van der Waals surface area contributed by atoms with Gasteiger partial charge in [-0.15, -0.1) is 0 Å². The molecule has 19 heavy (non-hydrogen) atoms. The highest BCUT2D eigenvalue weighted by Crippen LogP contribution is 2.16. The number of phenols is 1. The Morgan fingerprint density at radius 2 is 1.63 bits per heavy atom. The summed E-state index contributed by atoms with van der Waals surface area (Å²) >= 11 is 0. The van der Waals surface area contributed by atoms with Crippen molar-refractivity contribution in [3.63, 3.8) is 0 Å². The molecule has 0 aliphatic carbocycles. The van der Waals surface area contributed by atoms with E-state index < -0.39 is 48.1 Å². The Bertz CT molecular complexity index is 514. The van der Waals surface area contributed by atoms with Gasteiger partial charge in [-0.3, -0.25) is 14.4 Å². The molecular weight excluding hydrogens is 261 g/mol. The third kappa shape index (κ3) is 3.95. The maximum Gasteiger partial charge on any atom is 0.323 e. The summed E-state index contributed by atoms with van der Waals surface area (Å²) in [6.07, 6.45) is 0. The van der Waals surface area contributed by atoms with E-state index in [1.165, 1.54) is 0 Å². The zero-order chi connectivity index (χ0) is 14.6. The lowest BCUT2D eigenvalue weighted by Gasteiger charge is -2.18. The van der Waals surface area contributed by atoms with E-state index in [4.69, 9.17) is 15.3 Å². The number of carboxylic acids is 2. The first-order valence-electron chi connectivity index (χ1n) is 5.02. The Labute approximate surface area is 106 Å². The minimum absolute atomic E-state index is 0.405. The van der Waals surface area contributed by atoms with Crippen molar-refractivity contribution in [1.82, 2.24) is 4.90 Å². The summed E-state index contributed by atoms with van der Waals surface area (Å²) < 4.78 is 13.4. The molecule has 0 saturated carbocycles. The fraction of sp³-hybridized carbons (Fsp3) is 0.182. The average Bonchev–Trinajstić information content (AvgIpc) is 2.26. The Hall–Kier alpha value is -2.64. The zero-order valence-corrected chi connectivity index (χ0v) is 9.54. The van der Waals surface area contributed by atoms with Crippen molar-refractivity contribution in [3.8, 4) is 5.75 Å². The van der Waals surface area contributed by atoms with Crippen LogP contribution in [0.2, 0.25) is 0 Å². The predicted octanol–water partition coefficient (Wildman–Crippen LogP) is 0.143. The molecule has 0 bridgehead atoms. The van der Waals surface area contributed by atoms with Crippen molar-refractivity contribution >= 4 is 17.8 Å². The lowest BCUT2D eigenvalue weighted by atomic mass is 10.1. The van der Waals surface area contributed by atoms with Crippen LogP contribution in [0.3, 0.4) is 0 Å². The van der Waals surface area contributed by atoms with Gasteiger partial charge in [0.05, 0.1) is 5.56 Å². The van der Waals surface area contributed by atoms with Crippen molar-refractivity contribution in [2.75, 3.05) is 13.1 Å². The highest BCUT2D eigenvalue weighted by molar-refractivity contribution is 5.97. The van der Waals surface area contributed by atoms with E-state index in [2.05, 4.69) is 0 Å². The molecule has 0 aliphatic rings.